The van der Waals surface area contributed by atoms with Crippen LogP contribution in [-0.2, 0) is 0 Å². The van der Waals surface area contributed by atoms with Gasteiger partial charge in [0.2, 0.25) is 0 Å². The number of aromatic nitrogens is 6. The summed E-state index contributed by atoms with van der Waals surface area (Å²) in [5.41, 5.74) is 13.3. The Bertz CT molecular complexity index is 3020. The summed E-state index contributed by atoms with van der Waals surface area (Å²) < 4.78 is 2.26. The van der Waals surface area contributed by atoms with Crippen molar-refractivity contribution in [2.45, 2.75) is 13.8 Å². The van der Waals surface area contributed by atoms with E-state index in [4.69, 9.17) is 24.9 Å². The second-order valence-corrected chi connectivity index (χ2v) is 14.3. The molecule has 6 heteroatoms. The quantitative estimate of drug-likeness (QED) is 0.163. The highest BCUT2D eigenvalue weighted by molar-refractivity contribution is 6.10. The maximum absolute atomic E-state index is 5.13. The smallest absolute Gasteiger partial charge is 0.164 e. The van der Waals surface area contributed by atoms with Gasteiger partial charge in [0, 0.05) is 44.4 Å². The van der Waals surface area contributed by atoms with Crippen LogP contribution in [-0.4, -0.2) is 29.5 Å². The third-order valence-corrected chi connectivity index (χ3v) is 10.4. The van der Waals surface area contributed by atoms with E-state index in [0.717, 1.165) is 83.8 Å². The molecule has 0 aliphatic rings. The van der Waals surface area contributed by atoms with E-state index < -0.39 is 0 Å². The molecule has 0 atom stereocenters. The van der Waals surface area contributed by atoms with Crippen LogP contribution in [0.2, 0.25) is 0 Å². The number of nitrogens with zero attached hydrogens (tertiary/aromatic N) is 6. The van der Waals surface area contributed by atoms with E-state index in [0.29, 0.717) is 17.5 Å². The zero-order valence-electron chi connectivity index (χ0n) is 31.5. The largest absolute Gasteiger partial charge is 0.294 e. The maximum Gasteiger partial charge on any atom is 0.164 e. The van der Waals surface area contributed by atoms with Gasteiger partial charge >= 0.3 is 0 Å². The molecule has 4 aromatic heterocycles. The number of hydrogen-bond donors (Lipinski definition) is 0. The molecule has 57 heavy (non-hydrogen) atoms. The first kappa shape index (κ1) is 34.0. The molecule has 4 heterocycles. The molecule has 0 saturated heterocycles. The Labute approximate surface area is 330 Å². The van der Waals surface area contributed by atoms with Crippen molar-refractivity contribution in [3.8, 4) is 73.5 Å². The average Bonchev–Trinajstić information content (AvgIpc) is 3.60. The minimum absolute atomic E-state index is 0.606. The molecule has 0 aliphatic heterocycles. The van der Waals surface area contributed by atoms with Gasteiger partial charge in [0.15, 0.2) is 17.5 Å². The minimum atomic E-state index is 0.606. The third-order valence-electron chi connectivity index (χ3n) is 10.4. The van der Waals surface area contributed by atoms with E-state index in [1.54, 1.807) is 0 Å². The van der Waals surface area contributed by atoms with Crippen LogP contribution in [0.5, 0.6) is 0 Å². The van der Waals surface area contributed by atoms with Crippen molar-refractivity contribution in [1.29, 1.82) is 0 Å². The number of hydrogen-bond acceptors (Lipinski definition) is 5. The lowest BCUT2D eigenvalue weighted by atomic mass is 9.94. The van der Waals surface area contributed by atoms with Crippen molar-refractivity contribution in [3.05, 3.63) is 193 Å². The van der Waals surface area contributed by atoms with E-state index in [9.17, 15) is 0 Å². The van der Waals surface area contributed by atoms with Crippen molar-refractivity contribution in [3.63, 3.8) is 0 Å². The number of para-hydroxylation sites is 1. The first-order valence-corrected chi connectivity index (χ1v) is 19.1. The summed E-state index contributed by atoms with van der Waals surface area (Å²) in [6, 6.07) is 63.1. The zero-order chi connectivity index (χ0) is 38.3. The molecule has 0 amide bonds. The molecule has 10 aromatic rings. The fourth-order valence-electron chi connectivity index (χ4n) is 7.62. The van der Waals surface area contributed by atoms with Gasteiger partial charge in [0.05, 0.1) is 16.7 Å². The average molecular weight is 733 g/mol. The van der Waals surface area contributed by atoms with E-state index in [-0.39, 0.29) is 0 Å². The standard InChI is InChI=1S/C51H36N6/c1-33-13-11-20-45(52-33)36-25-23-35(24-26-36)40-29-41(39-27-28-47-44(32-39)43-19-9-10-21-46(43)57(47)48-22-12-14-34(2)53-48)31-42(30-40)51-55-49(37-15-5-3-6-16-37)54-50(56-51)38-17-7-4-8-18-38/h3-32H,1-2H3. The van der Waals surface area contributed by atoms with E-state index in [1.165, 1.54) is 5.39 Å². The summed E-state index contributed by atoms with van der Waals surface area (Å²) in [5, 5.41) is 2.33. The van der Waals surface area contributed by atoms with Gasteiger partial charge in [-0.1, -0.05) is 121 Å². The van der Waals surface area contributed by atoms with Crippen LogP contribution < -0.4 is 0 Å². The lowest BCUT2D eigenvalue weighted by molar-refractivity contribution is 1.05. The fraction of sp³-hybridized carbons (Fsp3) is 0.0392. The Balaban J connectivity index is 1.18. The van der Waals surface area contributed by atoms with Crippen LogP contribution in [0.3, 0.4) is 0 Å². The summed E-state index contributed by atoms with van der Waals surface area (Å²) in [6.45, 7) is 4.05. The Morgan fingerprint density at radius 2 is 0.842 bits per heavy atom. The van der Waals surface area contributed by atoms with Crippen LogP contribution >= 0.6 is 0 Å². The normalized spacial score (nSPS) is 11.3. The van der Waals surface area contributed by atoms with Crippen molar-refractivity contribution >= 4 is 21.8 Å². The molecule has 0 N–H and O–H groups in total. The molecule has 270 valence electrons. The number of fused-ring (bicyclic) bond motifs is 3. The number of pyridine rings is 2. The zero-order valence-corrected chi connectivity index (χ0v) is 31.5. The predicted octanol–water partition coefficient (Wildman–Crippen LogP) is 12.4. The van der Waals surface area contributed by atoms with Gasteiger partial charge < -0.3 is 0 Å². The molecule has 6 nitrogen and oxygen atoms in total. The minimum Gasteiger partial charge on any atom is -0.294 e. The SMILES string of the molecule is Cc1cccc(-c2ccc(-c3cc(-c4ccc5c(c4)c4ccccc4n5-c4cccc(C)n4)cc(-c4nc(-c5ccccc5)nc(-c5ccccc5)n4)c3)cc2)n1. The summed E-state index contributed by atoms with van der Waals surface area (Å²) in [6.07, 6.45) is 0. The lowest BCUT2D eigenvalue weighted by Crippen LogP contribution is -2.00. The Hall–Kier alpha value is -7.57. The van der Waals surface area contributed by atoms with Gasteiger partial charge in [-0.3, -0.25) is 9.55 Å². The second kappa shape index (κ2) is 14.3. The van der Waals surface area contributed by atoms with E-state index in [1.807, 2.05) is 86.6 Å². The first-order chi connectivity index (χ1) is 28.0. The van der Waals surface area contributed by atoms with Gasteiger partial charge in [-0.25, -0.2) is 19.9 Å². The first-order valence-electron chi connectivity index (χ1n) is 19.1. The van der Waals surface area contributed by atoms with Crippen LogP contribution in [0.25, 0.3) is 95.3 Å². The highest BCUT2D eigenvalue weighted by Crippen LogP contribution is 2.38. The molecule has 0 bridgehead atoms. The van der Waals surface area contributed by atoms with Crippen molar-refractivity contribution in [2.24, 2.45) is 0 Å². The molecule has 0 saturated carbocycles. The van der Waals surface area contributed by atoms with Crippen LogP contribution in [0.1, 0.15) is 11.4 Å². The fourth-order valence-corrected chi connectivity index (χ4v) is 7.62. The number of rotatable bonds is 7. The van der Waals surface area contributed by atoms with Gasteiger partial charge in [-0.2, -0.15) is 0 Å². The van der Waals surface area contributed by atoms with Crippen molar-refractivity contribution < 1.29 is 0 Å². The highest BCUT2D eigenvalue weighted by Gasteiger charge is 2.17. The molecule has 0 spiro atoms. The second-order valence-electron chi connectivity index (χ2n) is 14.3. The summed E-state index contributed by atoms with van der Waals surface area (Å²) in [4.78, 5) is 24.9. The topological polar surface area (TPSA) is 69.4 Å². The highest BCUT2D eigenvalue weighted by atomic mass is 15.1. The molecule has 0 unspecified atom stereocenters. The third kappa shape index (κ3) is 6.53. The van der Waals surface area contributed by atoms with E-state index >= 15 is 0 Å². The number of benzene rings is 6. The molecule has 10 rings (SSSR count). The Morgan fingerprint density at radius 3 is 1.51 bits per heavy atom. The number of aryl methyl sites for hydroxylation is 2. The molecule has 0 aliphatic carbocycles. The van der Waals surface area contributed by atoms with Crippen molar-refractivity contribution in [2.75, 3.05) is 0 Å². The molecule has 0 fully saturated rings. The molecular formula is C51H36N6. The summed E-state index contributed by atoms with van der Waals surface area (Å²) in [5.74, 6) is 2.76. The maximum atomic E-state index is 5.13. The van der Waals surface area contributed by atoms with Gasteiger partial charge in [0.25, 0.3) is 0 Å². The monoisotopic (exact) mass is 732 g/mol. The van der Waals surface area contributed by atoms with Crippen molar-refractivity contribution in [1.82, 2.24) is 29.5 Å². The van der Waals surface area contributed by atoms with Crippen LogP contribution in [0, 0.1) is 13.8 Å². The molecular weight excluding hydrogens is 697 g/mol. The molecule has 0 radical (unpaired) electrons. The van der Waals surface area contributed by atoms with E-state index in [2.05, 4.69) is 114 Å². The van der Waals surface area contributed by atoms with Crippen LogP contribution in [0.15, 0.2) is 182 Å². The van der Waals surface area contributed by atoms with Gasteiger partial charge in [-0.15, -0.1) is 0 Å². The lowest BCUT2D eigenvalue weighted by Gasteiger charge is -2.13. The molecule has 6 aromatic carbocycles. The Morgan fingerprint density at radius 1 is 0.316 bits per heavy atom. The van der Waals surface area contributed by atoms with Gasteiger partial charge in [-0.05, 0) is 96.8 Å². The van der Waals surface area contributed by atoms with Gasteiger partial charge in [0.1, 0.15) is 5.82 Å². The Kier molecular flexibility index (Phi) is 8.49. The summed E-state index contributed by atoms with van der Waals surface area (Å²) in [7, 11) is 0. The summed E-state index contributed by atoms with van der Waals surface area (Å²) >= 11 is 0. The predicted molar refractivity (Wildman–Crippen MR) is 232 cm³/mol. The van der Waals surface area contributed by atoms with Crippen LogP contribution in [0.4, 0.5) is 0 Å².